The van der Waals surface area contributed by atoms with Crippen molar-refractivity contribution in [3.05, 3.63) is 0 Å². The van der Waals surface area contributed by atoms with Gasteiger partial charge in [-0.2, -0.15) is 11.8 Å². The first-order valence-electron chi connectivity index (χ1n) is 6.93. The lowest BCUT2D eigenvalue weighted by molar-refractivity contribution is -0.0958. The van der Waals surface area contributed by atoms with Crippen molar-refractivity contribution < 1.29 is 4.74 Å². The van der Waals surface area contributed by atoms with Crippen LogP contribution < -0.4 is 5.32 Å². The second-order valence-corrected chi connectivity index (χ2v) is 8.12. The van der Waals surface area contributed by atoms with Crippen molar-refractivity contribution in [1.29, 1.82) is 0 Å². The number of thioether (sulfide) groups is 1. The fourth-order valence-electron chi connectivity index (χ4n) is 3.06. The van der Waals surface area contributed by atoms with E-state index in [4.69, 9.17) is 4.74 Å². The van der Waals surface area contributed by atoms with E-state index >= 15 is 0 Å². The lowest BCUT2D eigenvalue weighted by Crippen LogP contribution is -2.60. The van der Waals surface area contributed by atoms with Crippen LogP contribution in [0.5, 0.6) is 0 Å². The van der Waals surface area contributed by atoms with Crippen LogP contribution in [0.2, 0.25) is 0 Å². The molecule has 3 atom stereocenters. The topological polar surface area (TPSA) is 21.3 Å². The van der Waals surface area contributed by atoms with E-state index in [2.05, 4.69) is 44.8 Å². The van der Waals surface area contributed by atoms with Gasteiger partial charge in [-0.1, -0.05) is 27.7 Å². The second kappa shape index (κ2) is 5.10. The minimum Gasteiger partial charge on any atom is -0.371 e. The molecule has 0 aromatic carbocycles. The highest BCUT2D eigenvalue weighted by Crippen LogP contribution is 2.43. The number of hydrogen-bond donors (Lipinski definition) is 1. The van der Waals surface area contributed by atoms with Gasteiger partial charge in [-0.25, -0.2) is 0 Å². The third-order valence-corrected chi connectivity index (χ3v) is 5.52. The number of nitrogens with one attached hydrogen (secondary N) is 1. The van der Waals surface area contributed by atoms with Crippen LogP contribution in [0.3, 0.4) is 0 Å². The highest BCUT2D eigenvalue weighted by molar-refractivity contribution is 8.00. The molecule has 0 bridgehead atoms. The second-order valence-electron chi connectivity index (χ2n) is 6.67. The van der Waals surface area contributed by atoms with Gasteiger partial charge in [0, 0.05) is 17.8 Å². The predicted octanol–water partition coefficient (Wildman–Crippen LogP) is 3.07. The normalized spacial score (nSPS) is 38.8. The summed E-state index contributed by atoms with van der Waals surface area (Å²) in [6.45, 7) is 11.2. The molecular formula is C14H27NOS. The van der Waals surface area contributed by atoms with Crippen molar-refractivity contribution in [2.45, 2.75) is 63.9 Å². The molecule has 0 radical (unpaired) electrons. The standard InChI is InChI=1S/C14H27NOS/c1-11-14(7-10-17-11)12(15-8-9-16-14)5-6-13(2,3)4/h11-12,15H,5-10H2,1-4H3. The maximum Gasteiger partial charge on any atom is 0.0958 e. The molecule has 2 saturated heterocycles. The zero-order valence-electron chi connectivity index (χ0n) is 11.7. The highest BCUT2D eigenvalue weighted by Gasteiger charge is 2.49. The smallest absolute Gasteiger partial charge is 0.0958 e. The molecule has 2 nitrogen and oxygen atoms in total. The van der Waals surface area contributed by atoms with E-state index < -0.39 is 0 Å². The van der Waals surface area contributed by atoms with Gasteiger partial charge >= 0.3 is 0 Å². The Morgan fingerprint density at radius 1 is 1.41 bits per heavy atom. The van der Waals surface area contributed by atoms with Crippen molar-refractivity contribution in [1.82, 2.24) is 5.32 Å². The molecule has 2 rings (SSSR count). The lowest BCUT2D eigenvalue weighted by Gasteiger charge is -2.45. The van der Waals surface area contributed by atoms with Crippen LogP contribution in [0, 0.1) is 5.41 Å². The first kappa shape index (κ1) is 13.7. The molecule has 1 N–H and O–H groups in total. The summed E-state index contributed by atoms with van der Waals surface area (Å²) < 4.78 is 6.23. The first-order chi connectivity index (χ1) is 7.94. The zero-order chi connectivity index (χ0) is 12.5. The Balaban J connectivity index is 2.02. The largest absolute Gasteiger partial charge is 0.371 e. The van der Waals surface area contributed by atoms with Crippen LogP contribution in [-0.4, -0.2) is 35.8 Å². The molecule has 0 saturated carbocycles. The highest BCUT2D eigenvalue weighted by atomic mass is 32.2. The van der Waals surface area contributed by atoms with Gasteiger partial charge in [-0.3, -0.25) is 0 Å². The van der Waals surface area contributed by atoms with Crippen molar-refractivity contribution in [3.8, 4) is 0 Å². The summed E-state index contributed by atoms with van der Waals surface area (Å²) >= 11 is 2.07. The minimum atomic E-state index is 0.119. The fourth-order valence-corrected chi connectivity index (χ4v) is 4.48. The number of ether oxygens (including phenoxy) is 1. The molecule has 0 aliphatic carbocycles. The van der Waals surface area contributed by atoms with Crippen molar-refractivity contribution in [2.24, 2.45) is 5.41 Å². The molecule has 17 heavy (non-hydrogen) atoms. The van der Waals surface area contributed by atoms with Crippen LogP contribution in [0.25, 0.3) is 0 Å². The Labute approximate surface area is 110 Å². The van der Waals surface area contributed by atoms with Gasteiger partial charge in [0.05, 0.1) is 12.2 Å². The van der Waals surface area contributed by atoms with E-state index in [1.807, 2.05) is 0 Å². The molecule has 3 unspecified atom stereocenters. The van der Waals surface area contributed by atoms with Crippen LogP contribution in [-0.2, 0) is 4.74 Å². The number of hydrogen-bond acceptors (Lipinski definition) is 3. The van der Waals surface area contributed by atoms with Gasteiger partial charge in [0.2, 0.25) is 0 Å². The first-order valence-corrected chi connectivity index (χ1v) is 7.98. The third-order valence-electron chi connectivity index (χ3n) is 4.19. The third kappa shape index (κ3) is 2.99. The summed E-state index contributed by atoms with van der Waals surface area (Å²) in [5.74, 6) is 1.26. The molecule has 0 amide bonds. The van der Waals surface area contributed by atoms with E-state index in [-0.39, 0.29) is 5.60 Å². The van der Waals surface area contributed by atoms with E-state index in [1.165, 1.54) is 25.0 Å². The van der Waals surface area contributed by atoms with Crippen molar-refractivity contribution in [3.63, 3.8) is 0 Å². The average Bonchev–Trinajstić information content (AvgIpc) is 2.59. The van der Waals surface area contributed by atoms with E-state index in [0.717, 1.165) is 13.2 Å². The van der Waals surface area contributed by atoms with E-state index in [9.17, 15) is 0 Å². The molecule has 1 spiro atoms. The summed E-state index contributed by atoms with van der Waals surface area (Å²) in [5.41, 5.74) is 0.545. The maximum absolute atomic E-state index is 6.23. The summed E-state index contributed by atoms with van der Waals surface area (Å²) in [5, 5.41) is 4.36. The summed E-state index contributed by atoms with van der Waals surface area (Å²) in [7, 11) is 0. The van der Waals surface area contributed by atoms with Gasteiger partial charge in [0.1, 0.15) is 0 Å². The molecule has 0 aromatic heterocycles. The average molecular weight is 257 g/mol. The molecule has 3 heteroatoms. The fraction of sp³-hybridized carbons (Fsp3) is 1.00. The summed E-state index contributed by atoms with van der Waals surface area (Å²) in [6, 6.07) is 0.556. The van der Waals surface area contributed by atoms with Gasteiger partial charge < -0.3 is 10.1 Å². The van der Waals surface area contributed by atoms with Gasteiger partial charge in [-0.15, -0.1) is 0 Å². The monoisotopic (exact) mass is 257 g/mol. The summed E-state index contributed by atoms with van der Waals surface area (Å²) in [6.07, 6.45) is 3.74. The SMILES string of the molecule is CC1SCCC12OCCNC2CCC(C)(C)C. The minimum absolute atomic E-state index is 0.119. The van der Waals surface area contributed by atoms with Crippen LogP contribution in [0.15, 0.2) is 0 Å². The van der Waals surface area contributed by atoms with Crippen molar-refractivity contribution in [2.75, 3.05) is 18.9 Å². The quantitative estimate of drug-likeness (QED) is 0.821. The molecule has 100 valence electrons. The Kier molecular flexibility index (Phi) is 4.11. The Bertz CT molecular complexity index is 263. The van der Waals surface area contributed by atoms with Crippen molar-refractivity contribution >= 4 is 11.8 Å². The van der Waals surface area contributed by atoms with Crippen LogP contribution in [0.4, 0.5) is 0 Å². The molecule has 2 aliphatic heterocycles. The summed E-state index contributed by atoms with van der Waals surface area (Å²) in [4.78, 5) is 0. The van der Waals surface area contributed by atoms with E-state index in [0.29, 0.717) is 16.7 Å². The molecule has 2 aliphatic rings. The van der Waals surface area contributed by atoms with Gasteiger partial charge in [-0.05, 0) is 30.4 Å². The number of rotatable bonds is 2. The van der Waals surface area contributed by atoms with Gasteiger partial charge in [0.25, 0.3) is 0 Å². The Hall–Kier alpha value is 0.270. The van der Waals surface area contributed by atoms with Gasteiger partial charge in [0.15, 0.2) is 0 Å². The molecular weight excluding hydrogens is 230 g/mol. The Morgan fingerprint density at radius 3 is 2.76 bits per heavy atom. The Morgan fingerprint density at radius 2 is 2.18 bits per heavy atom. The predicted molar refractivity (Wildman–Crippen MR) is 75.7 cm³/mol. The van der Waals surface area contributed by atoms with Crippen LogP contribution in [0.1, 0.15) is 47.0 Å². The van der Waals surface area contributed by atoms with E-state index in [1.54, 1.807) is 0 Å². The molecule has 2 fully saturated rings. The maximum atomic E-state index is 6.23. The molecule has 0 aromatic rings. The number of morpholine rings is 1. The lowest BCUT2D eigenvalue weighted by atomic mass is 9.80. The van der Waals surface area contributed by atoms with Crippen LogP contribution >= 0.6 is 11.8 Å². The zero-order valence-corrected chi connectivity index (χ0v) is 12.5. The molecule has 2 heterocycles.